The fourth-order valence-electron chi connectivity index (χ4n) is 6.18. The van der Waals surface area contributed by atoms with E-state index in [1.165, 1.54) is 4.90 Å². The number of amides is 1. The van der Waals surface area contributed by atoms with Gasteiger partial charge < -0.3 is 29.3 Å². The molecule has 0 radical (unpaired) electrons. The lowest BCUT2D eigenvalue weighted by Crippen LogP contribution is -2.52. The molecule has 200 valence electrons. The van der Waals surface area contributed by atoms with Crippen LogP contribution in [-0.4, -0.2) is 54.4 Å². The van der Waals surface area contributed by atoms with Crippen molar-refractivity contribution in [3.05, 3.63) is 87.9 Å². The number of rotatable bonds is 7. The van der Waals surface area contributed by atoms with Crippen LogP contribution in [0.3, 0.4) is 0 Å². The first-order valence-electron chi connectivity index (χ1n) is 12.8. The predicted molar refractivity (Wildman–Crippen MR) is 146 cm³/mol. The molecular formula is C30H32BrNO6. The van der Waals surface area contributed by atoms with Gasteiger partial charge in [0.2, 0.25) is 5.91 Å². The Hall–Kier alpha value is -3.07. The summed E-state index contributed by atoms with van der Waals surface area (Å²) >= 11 is 3.50. The van der Waals surface area contributed by atoms with Gasteiger partial charge in [-0.15, -0.1) is 0 Å². The summed E-state index contributed by atoms with van der Waals surface area (Å²) in [6.07, 6.45) is -1.51. The molecule has 0 bridgehead atoms. The van der Waals surface area contributed by atoms with Crippen LogP contribution in [0.2, 0.25) is 0 Å². The minimum absolute atomic E-state index is 0.306. The van der Waals surface area contributed by atoms with Crippen molar-refractivity contribution in [1.82, 2.24) is 4.90 Å². The van der Waals surface area contributed by atoms with Crippen molar-refractivity contribution in [1.29, 1.82) is 0 Å². The van der Waals surface area contributed by atoms with Crippen LogP contribution in [-0.2, 0) is 16.0 Å². The average molecular weight is 582 g/mol. The minimum Gasteiger partial charge on any atom is -0.494 e. The second-order valence-electron chi connectivity index (χ2n) is 9.86. The van der Waals surface area contributed by atoms with Gasteiger partial charge in [0, 0.05) is 36.6 Å². The molecule has 1 aliphatic heterocycles. The molecule has 1 aliphatic carbocycles. The van der Waals surface area contributed by atoms with Crippen molar-refractivity contribution in [2.24, 2.45) is 5.92 Å². The van der Waals surface area contributed by atoms with E-state index < -0.39 is 29.1 Å². The van der Waals surface area contributed by atoms with Gasteiger partial charge in [-0.25, -0.2) is 0 Å². The van der Waals surface area contributed by atoms with Crippen LogP contribution in [0.15, 0.2) is 71.2 Å². The van der Waals surface area contributed by atoms with Crippen molar-refractivity contribution in [2.45, 2.75) is 37.1 Å². The van der Waals surface area contributed by atoms with Gasteiger partial charge in [0.1, 0.15) is 23.4 Å². The lowest BCUT2D eigenvalue weighted by Gasteiger charge is -2.41. The van der Waals surface area contributed by atoms with Gasteiger partial charge >= 0.3 is 0 Å². The molecule has 1 saturated carbocycles. The molecule has 2 N–H and O–H groups in total. The summed E-state index contributed by atoms with van der Waals surface area (Å²) in [5, 5.41) is 25.0. The van der Waals surface area contributed by atoms with Crippen molar-refractivity contribution < 1.29 is 29.2 Å². The van der Waals surface area contributed by atoms with E-state index in [1.807, 2.05) is 68.4 Å². The molecule has 1 fully saturated rings. The zero-order chi connectivity index (χ0) is 27.2. The van der Waals surface area contributed by atoms with Crippen LogP contribution >= 0.6 is 15.9 Å². The van der Waals surface area contributed by atoms with E-state index in [1.54, 1.807) is 26.2 Å². The number of halogens is 1. The van der Waals surface area contributed by atoms with Gasteiger partial charge in [0.25, 0.3) is 0 Å². The van der Waals surface area contributed by atoms with Crippen LogP contribution < -0.4 is 14.2 Å². The van der Waals surface area contributed by atoms with Crippen molar-refractivity contribution >= 4 is 21.8 Å². The lowest BCUT2D eigenvalue weighted by molar-refractivity contribution is -0.156. The molecule has 3 aromatic rings. The molecule has 0 unspecified atom stereocenters. The number of hydrogen-bond donors (Lipinski definition) is 2. The largest absolute Gasteiger partial charge is 0.494 e. The second kappa shape index (κ2) is 9.91. The Morgan fingerprint density at radius 2 is 1.68 bits per heavy atom. The first kappa shape index (κ1) is 26.5. The summed E-state index contributed by atoms with van der Waals surface area (Å²) in [4.78, 5) is 15.2. The second-order valence-corrected chi connectivity index (χ2v) is 10.8. The van der Waals surface area contributed by atoms with E-state index in [2.05, 4.69) is 15.9 Å². The molecule has 1 amide bonds. The summed E-state index contributed by atoms with van der Waals surface area (Å²) < 4.78 is 19.5. The number of aliphatic hydroxyl groups is 2. The quantitative estimate of drug-likeness (QED) is 0.424. The molecule has 1 heterocycles. The van der Waals surface area contributed by atoms with Crippen molar-refractivity contribution in [3.63, 3.8) is 0 Å². The smallest absolute Gasteiger partial charge is 0.228 e. The number of carbonyl (C=O) groups is 1. The third kappa shape index (κ3) is 3.73. The number of carbonyl (C=O) groups excluding carboxylic acids is 1. The zero-order valence-corrected chi connectivity index (χ0v) is 23.4. The SMILES string of the molecule is CCOc1cc(OCC)c2c(c1)O[C@@]1(c3ccc(Br)cc3)[C@H](c3ccccc3)[C@@H](C(=O)N(C)C)[C@@H](O)[C@@]21O. The Morgan fingerprint density at radius 1 is 1.03 bits per heavy atom. The van der Waals surface area contributed by atoms with Crippen LogP contribution in [0.1, 0.15) is 36.5 Å². The fraction of sp³-hybridized carbons (Fsp3) is 0.367. The molecule has 0 aromatic heterocycles. The van der Waals surface area contributed by atoms with Gasteiger partial charge in [0.05, 0.1) is 24.7 Å². The van der Waals surface area contributed by atoms with Crippen molar-refractivity contribution in [3.8, 4) is 17.2 Å². The Morgan fingerprint density at radius 3 is 2.29 bits per heavy atom. The van der Waals surface area contributed by atoms with Crippen LogP contribution in [0.5, 0.6) is 17.2 Å². The summed E-state index contributed by atoms with van der Waals surface area (Å²) in [7, 11) is 3.30. The number of hydrogen-bond acceptors (Lipinski definition) is 6. The molecule has 8 heteroatoms. The van der Waals surface area contributed by atoms with E-state index in [4.69, 9.17) is 14.2 Å². The molecular weight excluding hydrogens is 550 g/mol. The highest BCUT2D eigenvalue weighted by Crippen LogP contribution is 2.70. The number of aliphatic hydroxyl groups excluding tert-OH is 1. The van der Waals surface area contributed by atoms with Gasteiger partial charge in [-0.1, -0.05) is 58.4 Å². The first-order valence-corrected chi connectivity index (χ1v) is 13.6. The summed E-state index contributed by atoms with van der Waals surface area (Å²) in [6, 6.07) is 20.3. The monoisotopic (exact) mass is 581 g/mol. The van der Waals surface area contributed by atoms with E-state index in [9.17, 15) is 15.0 Å². The lowest BCUT2D eigenvalue weighted by atomic mass is 9.70. The fourth-order valence-corrected chi connectivity index (χ4v) is 6.44. The predicted octanol–water partition coefficient (Wildman–Crippen LogP) is 4.58. The zero-order valence-electron chi connectivity index (χ0n) is 21.8. The maximum Gasteiger partial charge on any atom is 0.228 e. The van der Waals surface area contributed by atoms with Crippen LogP contribution in [0.25, 0.3) is 0 Å². The molecule has 0 saturated heterocycles. The third-order valence-corrected chi connectivity index (χ3v) is 8.12. The van der Waals surface area contributed by atoms with Crippen LogP contribution in [0.4, 0.5) is 0 Å². The number of nitrogens with zero attached hydrogens (tertiary/aromatic N) is 1. The highest BCUT2D eigenvalue weighted by atomic mass is 79.9. The number of benzene rings is 3. The van der Waals surface area contributed by atoms with E-state index in [-0.39, 0.29) is 5.91 Å². The third-order valence-electron chi connectivity index (χ3n) is 7.59. The highest BCUT2D eigenvalue weighted by molar-refractivity contribution is 9.10. The molecule has 3 aromatic carbocycles. The average Bonchev–Trinajstić information content (AvgIpc) is 3.27. The highest BCUT2D eigenvalue weighted by Gasteiger charge is 2.78. The molecule has 38 heavy (non-hydrogen) atoms. The normalized spacial score (nSPS) is 27.3. The van der Waals surface area contributed by atoms with E-state index in [0.29, 0.717) is 41.6 Å². The molecule has 5 rings (SSSR count). The van der Waals surface area contributed by atoms with Gasteiger partial charge in [-0.05, 0) is 37.1 Å². The summed E-state index contributed by atoms with van der Waals surface area (Å²) in [5.41, 5.74) is -1.87. The first-order chi connectivity index (χ1) is 18.2. The maximum absolute atomic E-state index is 13.7. The van der Waals surface area contributed by atoms with E-state index >= 15 is 0 Å². The summed E-state index contributed by atoms with van der Waals surface area (Å²) in [5.74, 6) is -0.831. The number of ether oxygens (including phenoxy) is 3. The Balaban J connectivity index is 1.88. The van der Waals surface area contributed by atoms with E-state index in [0.717, 1.165) is 10.0 Å². The maximum atomic E-state index is 13.7. The Kier molecular flexibility index (Phi) is 6.92. The molecule has 0 spiro atoms. The summed E-state index contributed by atoms with van der Waals surface area (Å²) in [6.45, 7) is 4.48. The standard InChI is InChI=1S/C30H32BrNO6/c1-5-36-21-16-22(37-6-2)26-23(17-21)38-30(19-12-14-20(31)15-13-19)25(18-10-8-7-9-11-18)24(28(34)32(3)4)27(33)29(26,30)35/h7-17,24-25,27,33,35H,5-6H2,1-4H3/t24-,25-,27-,29+,30+/m1/s1. The molecule has 5 atom stereocenters. The van der Waals surface area contributed by atoms with Gasteiger partial charge in [-0.2, -0.15) is 0 Å². The topological polar surface area (TPSA) is 88.5 Å². The molecule has 7 nitrogen and oxygen atoms in total. The Bertz CT molecular complexity index is 1330. The number of fused-ring (bicyclic) bond motifs is 3. The molecule has 2 aliphatic rings. The minimum atomic E-state index is -2.03. The van der Waals surface area contributed by atoms with Crippen LogP contribution in [0, 0.1) is 5.92 Å². The van der Waals surface area contributed by atoms with Gasteiger partial charge in [-0.3, -0.25) is 4.79 Å². The Labute approximate surface area is 231 Å². The van der Waals surface area contributed by atoms with Crippen molar-refractivity contribution in [2.75, 3.05) is 27.3 Å². The van der Waals surface area contributed by atoms with Gasteiger partial charge in [0.15, 0.2) is 11.2 Å².